The van der Waals surface area contributed by atoms with Gasteiger partial charge in [-0.15, -0.1) is 0 Å². The number of carbonyl (C=O) groups is 1. The number of nitrogens with one attached hydrogen (secondary N) is 2. The molecule has 0 amide bonds. The molecule has 2 atom stereocenters. The van der Waals surface area contributed by atoms with Gasteiger partial charge in [0.15, 0.2) is 17.3 Å². The summed E-state index contributed by atoms with van der Waals surface area (Å²) in [6.45, 7) is 2.49. The van der Waals surface area contributed by atoms with Crippen molar-refractivity contribution in [2.24, 2.45) is 0 Å². The number of methoxy groups -OCH3 is 1. The Kier molecular flexibility index (Phi) is 5.88. The third-order valence-electron chi connectivity index (χ3n) is 6.52. The SMILES string of the molecule is CCOc1ccc(C2CC(=O)C3=C(C2)Nc2ccccc2NC3c2ccccc2O)cc1OC. The first kappa shape index (κ1) is 21.9. The molecule has 6 heteroatoms. The van der Waals surface area contributed by atoms with Crippen LogP contribution in [0.3, 0.4) is 0 Å². The molecule has 3 aromatic carbocycles. The van der Waals surface area contributed by atoms with Gasteiger partial charge in [0, 0.05) is 23.3 Å². The number of phenolic OH excluding ortho intramolecular Hbond substituents is 1. The standard InChI is InChI=1S/C28H28N2O4/c1-3-34-25-13-12-17(16-26(25)33-2)18-14-22-27(24(32)15-18)28(19-8-4-7-11-23(19)31)30-21-10-6-5-9-20(21)29-22/h4-13,16,18,28-31H,3,14-15H2,1-2H3. The number of carbonyl (C=O) groups excluding carboxylic acids is 1. The smallest absolute Gasteiger partial charge is 0.163 e. The zero-order valence-electron chi connectivity index (χ0n) is 19.3. The van der Waals surface area contributed by atoms with Gasteiger partial charge >= 0.3 is 0 Å². The Morgan fingerprint density at radius 2 is 1.74 bits per heavy atom. The normalized spacial score (nSPS) is 19.3. The van der Waals surface area contributed by atoms with Crippen LogP contribution in [-0.2, 0) is 4.79 Å². The van der Waals surface area contributed by atoms with E-state index in [0.717, 1.165) is 22.6 Å². The summed E-state index contributed by atoms with van der Waals surface area (Å²) in [5.41, 5.74) is 5.06. The number of rotatable bonds is 5. The topological polar surface area (TPSA) is 79.8 Å². The highest BCUT2D eigenvalue weighted by atomic mass is 16.5. The van der Waals surface area contributed by atoms with Crippen LogP contribution in [0.5, 0.6) is 17.2 Å². The Balaban J connectivity index is 1.57. The average Bonchev–Trinajstić information content (AvgIpc) is 3.01. The highest BCUT2D eigenvalue weighted by Crippen LogP contribution is 2.46. The lowest BCUT2D eigenvalue weighted by molar-refractivity contribution is -0.116. The van der Waals surface area contributed by atoms with Crippen molar-refractivity contribution in [2.75, 3.05) is 24.4 Å². The second-order valence-corrected chi connectivity index (χ2v) is 8.57. The van der Waals surface area contributed by atoms with Crippen molar-refractivity contribution in [2.45, 2.75) is 31.7 Å². The molecule has 1 heterocycles. The molecule has 1 aliphatic carbocycles. The molecule has 3 N–H and O–H groups in total. The number of benzene rings is 3. The van der Waals surface area contributed by atoms with E-state index < -0.39 is 6.04 Å². The molecule has 5 rings (SSSR count). The lowest BCUT2D eigenvalue weighted by atomic mass is 9.78. The summed E-state index contributed by atoms with van der Waals surface area (Å²) in [5, 5.41) is 17.6. The molecule has 2 aliphatic rings. The van der Waals surface area contributed by atoms with Gasteiger partial charge in [-0.25, -0.2) is 0 Å². The zero-order chi connectivity index (χ0) is 23.7. The number of para-hydroxylation sites is 3. The van der Waals surface area contributed by atoms with E-state index in [-0.39, 0.29) is 17.5 Å². The van der Waals surface area contributed by atoms with Gasteiger partial charge < -0.3 is 25.2 Å². The molecule has 0 saturated heterocycles. The van der Waals surface area contributed by atoms with Crippen molar-refractivity contribution in [1.82, 2.24) is 0 Å². The highest BCUT2D eigenvalue weighted by Gasteiger charge is 2.37. The van der Waals surface area contributed by atoms with E-state index in [1.165, 1.54) is 0 Å². The second-order valence-electron chi connectivity index (χ2n) is 8.57. The van der Waals surface area contributed by atoms with E-state index in [9.17, 15) is 9.90 Å². The number of fused-ring (bicyclic) bond motifs is 1. The summed E-state index contributed by atoms with van der Waals surface area (Å²) in [7, 11) is 1.63. The quantitative estimate of drug-likeness (QED) is 0.452. The molecule has 0 saturated carbocycles. The first-order valence-corrected chi connectivity index (χ1v) is 11.6. The molecule has 3 aromatic rings. The van der Waals surface area contributed by atoms with E-state index in [0.29, 0.717) is 42.1 Å². The lowest BCUT2D eigenvalue weighted by Crippen LogP contribution is -2.27. The van der Waals surface area contributed by atoms with Gasteiger partial charge in [0.05, 0.1) is 31.1 Å². The number of aromatic hydroxyl groups is 1. The number of allylic oxidation sites excluding steroid dienone is 1. The Morgan fingerprint density at radius 3 is 2.50 bits per heavy atom. The maximum absolute atomic E-state index is 13.7. The van der Waals surface area contributed by atoms with Gasteiger partial charge in [-0.3, -0.25) is 4.79 Å². The molecule has 0 fully saturated rings. The fourth-order valence-corrected chi connectivity index (χ4v) is 4.91. The minimum atomic E-state index is -0.448. The summed E-state index contributed by atoms with van der Waals surface area (Å²) < 4.78 is 11.2. The van der Waals surface area contributed by atoms with Gasteiger partial charge in [-0.1, -0.05) is 36.4 Å². The molecule has 2 unspecified atom stereocenters. The monoisotopic (exact) mass is 456 g/mol. The largest absolute Gasteiger partial charge is 0.508 e. The number of Topliss-reactive ketones (excluding diaryl/α,β-unsaturated/α-hetero) is 1. The number of ether oxygens (including phenoxy) is 2. The predicted octanol–water partition coefficient (Wildman–Crippen LogP) is 5.78. The Hall–Kier alpha value is -3.93. The van der Waals surface area contributed by atoms with Gasteiger partial charge in [0.2, 0.25) is 0 Å². The number of ketones is 1. The van der Waals surface area contributed by atoms with Gasteiger partial charge in [-0.05, 0) is 55.2 Å². The summed E-state index contributed by atoms with van der Waals surface area (Å²) in [6.07, 6.45) is 1.04. The van der Waals surface area contributed by atoms with E-state index in [2.05, 4.69) is 10.6 Å². The first-order chi connectivity index (χ1) is 16.6. The molecular weight excluding hydrogens is 428 g/mol. The van der Waals surface area contributed by atoms with Crippen molar-refractivity contribution in [1.29, 1.82) is 0 Å². The third-order valence-corrected chi connectivity index (χ3v) is 6.52. The molecule has 0 spiro atoms. The number of phenols is 1. The molecular formula is C28H28N2O4. The highest BCUT2D eigenvalue weighted by molar-refractivity contribution is 6.01. The minimum Gasteiger partial charge on any atom is -0.508 e. The number of hydrogen-bond donors (Lipinski definition) is 3. The Labute approximate surface area is 199 Å². The van der Waals surface area contributed by atoms with E-state index >= 15 is 0 Å². The number of anilines is 2. The maximum atomic E-state index is 13.7. The number of hydrogen-bond acceptors (Lipinski definition) is 6. The molecule has 0 aromatic heterocycles. The Morgan fingerprint density at radius 1 is 0.971 bits per heavy atom. The average molecular weight is 457 g/mol. The van der Waals surface area contributed by atoms with E-state index in [4.69, 9.17) is 9.47 Å². The summed E-state index contributed by atoms with van der Waals surface area (Å²) in [5.74, 6) is 1.58. The van der Waals surface area contributed by atoms with Crippen LogP contribution < -0.4 is 20.1 Å². The van der Waals surface area contributed by atoms with Crippen molar-refractivity contribution in [3.8, 4) is 17.2 Å². The molecule has 34 heavy (non-hydrogen) atoms. The van der Waals surface area contributed by atoms with Crippen molar-refractivity contribution in [3.05, 3.63) is 89.1 Å². The third kappa shape index (κ3) is 3.96. The molecule has 1 aliphatic heterocycles. The van der Waals surface area contributed by atoms with Gasteiger partial charge in [0.25, 0.3) is 0 Å². The van der Waals surface area contributed by atoms with Crippen LogP contribution in [0.25, 0.3) is 0 Å². The predicted molar refractivity (Wildman–Crippen MR) is 133 cm³/mol. The first-order valence-electron chi connectivity index (χ1n) is 11.6. The summed E-state index contributed by atoms with van der Waals surface area (Å²) >= 11 is 0. The van der Waals surface area contributed by atoms with Crippen LogP contribution in [0.15, 0.2) is 78.0 Å². The summed E-state index contributed by atoms with van der Waals surface area (Å²) in [4.78, 5) is 13.7. The van der Waals surface area contributed by atoms with Crippen LogP contribution in [0, 0.1) is 0 Å². The van der Waals surface area contributed by atoms with Gasteiger partial charge in [-0.2, -0.15) is 0 Å². The second kappa shape index (κ2) is 9.14. The van der Waals surface area contributed by atoms with E-state index in [1.807, 2.05) is 61.5 Å². The molecule has 0 radical (unpaired) electrons. The molecule has 6 nitrogen and oxygen atoms in total. The summed E-state index contributed by atoms with van der Waals surface area (Å²) in [6, 6.07) is 20.5. The lowest BCUT2D eigenvalue weighted by Gasteiger charge is -2.30. The minimum absolute atomic E-state index is 0.00129. The maximum Gasteiger partial charge on any atom is 0.163 e. The van der Waals surface area contributed by atoms with Crippen LogP contribution >= 0.6 is 0 Å². The van der Waals surface area contributed by atoms with Crippen molar-refractivity contribution < 1.29 is 19.4 Å². The molecule has 0 bridgehead atoms. The molecule has 174 valence electrons. The fraction of sp³-hybridized carbons (Fsp3) is 0.250. The zero-order valence-corrected chi connectivity index (χ0v) is 19.3. The van der Waals surface area contributed by atoms with Crippen LogP contribution in [0.4, 0.5) is 11.4 Å². The Bertz CT molecular complexity index is 1270. The van der Waals surface area contributed by atoms with Crippen molar-refractivity contribution >= 4 is 17.2 Å². The van der Waals surface area contributed by atoms with Crippen LogP contribution in [0.2, 0.25) is 0 Å². The van der Waals surface area contributed by atoms with Crippen molar-refractivity contribution in [3.63, 3.8) is 0 Å². The van der Waals surface area contributed by atoms with Gasteiger partial charge in [0.1, 0.15) is 5.75 Å². The van der Waals surface area contributed by atoms with Crippen LogP contribution in [0.1, 0.15) is 42.9 Å². The van der Waals surface area contributed by atoms with Crippen LogP contribution in [-0.4, -0.2) is 24.6 Å². The van der Waals surface area contributed by atoms with E-state index in [1.54, 1.807) is 19.2 Å². The fourth-order valence-electron chi connectivity index (χ4n) is 4.91.